The van der Waals surface area contributed by atoms with Gasteiger partial charge in [0.15, 0.2) is 11.8 Å². The van der Waals surface area contributed by atoms with Gasteiger partial charge in [0.05, 0.1) is 9.28 Å². The van der Waals surface area contributed by atoms with Crippen molar-refractivity contribution in [2.75, 3.05) is 5.32 Å². The Labute approximate surface area is 210 Å². The Morgan fingerprint density at radius 1 is 1.24 bits per heavy atom. The van der Waals surface area contributed by atoms with Gasteiger partial charge in [-0.3, -0.25) is 14.3 Å². The number of anilines is 1. The first kappa shape index (κ1) is 24.7. The topological polar surface area (TPSA) is 97.6 Å². The summed E-state index contributed by atoms with van der Waals surface area (Å²) in [6.07, 6.45) is 1.03. The largest absolute Gasteiger partial charge is 0.481 e. The van der Waals surface area contributed by atoms with Crippen LogP contribution in [0.4, 0.5) is 5.69 Å². The van der Waals surface area contributed by atoms with E-state index in [9.17, 15) is 9.59 Å². The van der Waals surface area contributed by atoms with Crippen LogP contribution in [0.25, 0.3) is 0 Å². The van der Waals surface area contributed by atoms with E-state index in [1.165, 1.54) is 0 Å². The van der Waals surface area contributed by atoms with Gasteiger partial charge in [0, 0.05) is 24.0 Å². The van der Waals surface area contributed by atoms with Crippen LogP contribution in [0.5, 0.6) is 5.75 Å². The van der Waals surface area contributed by atoms with Crippen LogP contribution in [0.3, 0.4) is 0 Å². The Morgan fingerprint density at radius 2 is 2.00 bits per heavy atom. The Balaban J connectivity index is 1.64. The number of hydrazone groups is 1. The van der Waals surface area contributed by atoms with Crippen molar-refractivity contribution in [2.24, 2.45) is 12.1 Å². The van der Waals surface area contributed by atoms with E-state index in [-0.39, 0.29) is 5.91 Å². The molecule has 2 aromatic carbocycles. The zero-order valence-electron chi connectivity index (χ0n) is 18.5. The number of rotatable bonds is 7. The number of ether oxygens (including phenoxy) is 1. The van der Waals surface area contributed by atoms with E-state index >= 15 is 0 Å². The summed E-state index contributed by atoms with van der Waals surface area (Å²) in [7, 11) is 1.75. The first-order valence-electron chi connectivity index (χ1n) is 10.0. The molecule has 0 aliphatic rings. The normalized spacial score (nSPS) is 12.2. The molecule has 0 aliphatic carbocycles. The zero-order valence-corrected chi connectivity index (χ0v) is 21.4. The second-order valence-corrected chi connectivity index (χ2v) is 8.98. The van der Waals surface area contributed by atoms with Crippen molar-refractivity contribution in [1.29, 1.82) is 0 Å². The smallest absolute Gasteiger partial charge is 0.292 e. The second-order valence-electron chi connectivity index (χ2n) is 7.38. The van der Waals surface area contributed by atoms with Crippen LogP contribution >= 0.6 is 34.2 Å². The highest BCUT2D eigenvalue weighted by molar-refractivity contribution is 14.1. The molecule has 172 valence electrons. The lowest BCUT2D eigenvalue weighted by atomic mass is 10.1. The maximum Gasteiger partial charge on any atom is 0.292 e. The maximum atomic E-state index is 12.6. The number of carbonyl (C=O) groups excluding carboxylic acids is 2. The van der Waals surface area contributed by atoms with Crippen molar-refractivity contribution in [2.45, 2.75) is 26.9 Å². The third kappa shape index (κ3) is 6.55. The predicted octanol–water partition coefficient (Wildman–Crippen LogP) is 4.55. The zero-order chi connectivity index (χ0) is 24.1. The number of hydrogen-bond acceptors (Lipinski definition) is 5. The molecule has 0 spiro atoms. The number of carbonyl (C=O) groups is 2. The first-order chi connectivity index (χ1) is 15.6. The Hall–Kier alpha value is -2.92. The van der Waals surface area contributed by atoms with Gasteiger partial charge in [-0.25, -0.2) is 5.43 Å². The Kier molecular flexibility index (Phi) is 8.09. The highest BCUT2D eigenvalue weighted by atomic mass is 127. The summed E-state index contributed by atoms with van der Waals surface area (Å²) in [5.74, 6) is -0.0986. The molecule has 1 unspecified atom stereocenters. The number of amides is 2. The number of nitrogens with zero attached hydrogens (tertiary/aromatic N) is 3. The highest BCUT2D eigenvalue weighted by Crippen LogP contribution is 2.23. The number of aromatic nitrogens is 2. The number of halogens is 2. The van der Waals surface area contributed by atoms with Gasteiger partial charge < -0.3 is 10.1 Å². The monoisotopic (exact) mass is 579 g/mol. The van der Waals surface area contributed by atoms with Gasteiger partial charge in [-0.2, -0.15) is 10.2 Å². The SMILES string of the molecule is CC(=NNC(=O)c1nn(C)cc1I)c1cccc(NC(=O)C(C)Oc2ccc(Cl)cc2C)c1. The standard InChI is InChI=1S/C23H23ClIN5O3/c1-13-10-17(24)8-9-20(13)33-15(3)22(31)26-18-7-5-6-16(11-18)14(2)27-28-23(32)21-19(25)12-30(4)29-21/h5-12,15H,1-4H3,(H,26,31)(H,28,32). The molecule has 0 radical (unpaired) electrons. The Morgan fingerprint density at radius 3 is 2.67 bits per heavy atom. The highest BCUT2D eigenvalue weighted by Gasteiger charge is 2.17. The second kappa shape index (κ2) is 10.8. The van der Waals surface area contributed by atoms with E-state index in [1.807, 2.05) is 35.6 Å². The van der Waals surface area contributed by atoms with Crippen molar-refractivity contribution in [3.05, 3.63) is 74.1 Å². The third-order valence-electron chi connectivity index (χ3n) is 4.68. The first-order valence-corrected chi connectivity index (χ1v) is 11.5. The minimum atomic E-state index is -0.719. The van der Waals surface area contributed by atoms with Crippen LogP contribution < -0.4 is 15.5 Å². The number of benzene rings is 2. The lowest BCUT2D eigenvalue weighted by Crippen LogP contribution is -2.30. The summed E-state index contributed by atoms with van der Waals surface area (Å²) in [5, 5.41) is 11.7. The van der Waals surface area contributed by atoms with Crippen molar-refractivity contribution in [3.8, 4) is 5.75 Å². The van der Waals surface area contributed by atoms with Gasteiger partial charge >= 0.3 is 0 Å². The van der Waals surface area contributed by atoms with E-state index in [2.05, 4.69) is 20.9 Å². The molecule has 1 atom stereocenters. The lowest BCUT2D eigenvalue weighted by molar-refractivity contribution is -0.122. The fraction of sp³-hybridized carbons (Fsp3) is 0.217. The lowest BCUT2D eigenvalue weighted by Gasteiger charge is -2.16. The van der Waals surface area contributed by atoms with E-state index in [0.29, 0.717) is 27.9 Å². The molecular formula is C23H23ClIN5O3. The Bertz CT molecular complexity index is 1220. The molecule has 0 saturated heterocycles. The van der Waals surface area contributed by atoms with Crippen molar-refractivity contribution < 1.29 is 14.3 Å². The van der Waals surface area contributed by atoms with Crippen LogP contribution in [-0.2, 0) is 11.8 Å². The van der Waals surface area contributed by atoms with Gasteiger partial charge in [0.25, 0.3) is 11.8 Å². The van der Waals surface area contributed by atoms with Crippen LogP contribution in [0.1, 0.15) is 35.5 Å². The number of nitrogens with one attached hydrogen (secondary N) is 2. The van der Waals surface area contributed by atoms with Gasteiger partial charge in [-0.05, 0) is 84.8 Å². The van der Waals surface area contributed by atoms with Crippen LogP contribution in [0, 0.1) is 10.5 Å². The van der Waals surface area contributed by atoms with Crippen molar-refractivity contribution >= 4 is 57.4 Å². The summed E-state index contributed by atoms with van der Waals surface area (Å²) in [6.45, 7) is 5.30. The van der Waals surface area contributed by atoms with E-state index < -0.39 is 12.0 Å². The quantitative estimate of drug-likeness (QED) is 0.244. The molecule has 33 heavy (non-hydrogen) atoms. The molecule has 0 fully saturated rings. The predicted molar refractivity (Wildman–Crippen MR) is 137 cm³/mol. The summed E-state index contributed by atoms with van der Waals surface area (Å²) in [5.41, 5.74) is 5.57. The van der Waals surface area contributed by atoms with Crippen LogP contribution in [0.15, 0.2) is 53.8 Å². The average Bonchev–Trinajstić information content (AvgIpc) is 3.11. The molecular weight excluding hydrogens is 557 g/mol. The van der Waals surface area contributed by atoms with Crippen molar-refractivity contribution in [3.63, 3.8) is 0 Å². The minimum absolute atomic E-state index is 0.297. The summed E-state index contributed by atoms with van der Waals surface area (Å²) < 4.78 is 8.08. The molecule has 10 heteroatoms. The van der Waals surface area contributed by atoms with Gasteiger partial charge in [0.2, 0.25) is 0 Å². The third-order valence-corrected chi connectivity index (χ3v) is 5.71. The fourth-order valence-corrected chi connectivity index (χ4v) is 3.90. The molecule has 3 aromatic rings. The van der Waals surface area contributed by atoms with E-state index in [1.54, 1.807) is 68.2 Å². The molecule has 8 nitrogen and oxygen atoms in total. The summed E-state index contributed by atoms with van der Waals surface area (Å²) >= 11 is 8.02. The molecule has 3 rings (SSSR count). The molecule has 2 N–H and O–H groups in total. The molecule has 1 aromatic heterocycles. The van der Waals surface area contributed by atoms with Gasteiger partial charge in [0.1, 0.15) is 5.75 Å². The minimum Gasteiger partial charge on any atom is -0.481 e. The summed E-state index contributed by atoms with van der Waals surface area (Å²) in [4.78, 5) is 24.9. The average molecular weight is 580 g/mol. The number of aryl methyl sites for hydroxylation is 2. The van der Waals surface area contributed by atoms with Gasteiger partial charge in [-0.1, -0.05) is 23.7 Å². The molecule has 1 heterocycles. The molecule has 2 amide bonds. The van der Waals surface area contributed by atoms with Crippen LogP contribution in [0.2, 0.25) is 5.02 Å². The molecule has 0 aliphatic heterocycles. The van der Waals surface area contributed by atoms with E-state index in [4.69, 9.17) is 16.3 Å². The van der Waals surface area contributed by atoms with Crippen LogP contribution in [-0.4, -0.2) is 33.4 Å². The fourth-order valence-electron chi connectivity index (χ4n) is 2.92. The molecule has 0 bridgehead atoms. The van der Waals surface area contributed by atoms with E-state index in [0.717, 1.165) is 14.7 Å². The summed E-state index contributed by atoms with van der Waals surface area (Å²) in [6, 6.07) is 12.4. The molecule has 0 saturated carbocycles. The van der Waals surface area contributed by atoms with Crippen molar-refractivity contribution in [1.82, 2.24) is 15.2 Å². The number of hydrogen-bond donors (Lipinski definition) is 2. The maximum absolute atomic E-state index is 12.6. The van der Waals surface area contributed by atoms with Gasteiger partial charge in [-0.15, -0.1) is 0 Å².